The standard InChI is InChI=1S/C23H14ClN3S.C17H10ClN3S.C6H6BClO2/c24-18-11-6-10-17(13-18)22-25-21(15-7-2-1-3-8-15)26-23(27-22)20-14-16-9-4-5-12-19(16)28-20;18-17-20-15(11-6-2-1-3-7-11)19-16(21-17)14-10-12-8-4-5-9-13(12)22-14;8-6-3-1-2-5(4-6)7(9)10/h1-14H;1-10H;1-4,9-10H. The minimum Gasteiger partial charge on any atom is -0.423 e. The largest absolute Gasteiger partial charge is 0.488 e. The van der Waals surface area contributed by atoms with E-state index in [1.165, 1.54) is 26.2 Å². The van der Waals surface area contributed by atoms with Crippen LogP contribution in [0.25, 0.3) is 75.7 Å². The van der Waals surface area contributed by atoms with Crippen LogP contribution in [-0.4, -0.2) is 47.1 Å². The fourth-order valence-electron chi connectivity index (χ4n) is 5.99. The van der Waals surface area contributed by atoms with Gasteiger partial charge < -0.3 is 10.0 Å². The van der Waals surface area contributed by atoms with Crippen LogP contribution < -0.4 is 5.46 Å². The summed E-state index contributed by atoms with van der Waals surface area (Å²) in [6, 6.07) is 54.5. The zero-order valence-corrected chi connectivity index (χ0v) is 35.2. The first-order chi connectivity index (χ1) is 29.3. The highest BCUT2D eigenvalue weighted by Gasteiger charge is 2.15. The van der Waals surface area contributed by atoms with Gasteiger partial charge in [0.2, 0.25) is 5.28 Å². The Morgan fingerprint density at radius 2 is 0.800 bits per heavy atom. The molecular weight excluding hydrogens is 850 g/mol. The average Bonchev–Trinajstić information content (AvgIpc) is 3.93. The van der Waals surface area contributed by atoms with Crippen LogP contribution in [0.3, 0.4) is 0 Å². The van der Waals surface area contributed by atoms with Gasteiger partial charge in [-0.3, -0.25) is 0 Å². The van der Waals surface area contributed by atoms with Crippen molar-refractivity contribution in [3.63, 3.8) is 0 Å². The zero-order valence-electron chi connectivity index (χ0n) is 31.3. The second-order valence-corrected chi connectivity index (χ2v) is 16.4. The number of benzene rings is 6. The summed E-state index contributed by atoms with van der Waals surface area (Å²) in [5, 5.41) is 21.0. The summed E-state index contributed by atoms with van der Waals surface area (Å²) in [6.45, 7) is 0. The Balaban J connectivity index is 0.000000138. The Bertz CT molecular complexity index is 2980. The number of hydrogen-bond donors (Lipinski definition) is 2. The van der Waals surface area contributed by atoms with Gasteiger partial charge in [-0.05, 0) is 76.4 Å². The summed E-state index contributed by atoms with van der Waals surface area (Å²) >= 11 is 21.2. The summed E-state index contributed by atoms with van der Waals surface area (Å²) in [5.74, 6) is 3.14. The van der Waals surface area contributed by atoms with E-state index in [2.05, 4.69) is 51.4 Å². The van der Waals surface area contributed by atoms with E-state index in [9.17, 15) is 0 Å². The van der Waals surface area contributed by atoms with Gasteiger partial charge >= 0.3 is 7.12 Å². The smallest absolute Gasteiger partial charge is 0.423 e. The monoisotopic (exact) mass is 878 g/mol. The third-order valence-corrected chi connectivity index (χ3v) is 11.7. The van der Waals surface area contributed by atoms with Crippen molar-refractivity contribution in [2.75, 3.05) is 0 Å². The van der Waals surface area contributed by atoms with Crippen LogP contribution in [0.5, 0.6) is 0 Å². The number of halogens is 3. The molecule has 2 N–H and O–H groups in total. The van der Waals surface area contributed by atoms with Crippen LogP contribution >= 0.6 is 57.5 Å². The molecule has 6 aromatic carbocycles. The molecule has 14 heteroatoms. The number of aromatic nitrogens is 6. The van der Waals surface area contributed by atoms with Gasteiger partial charge in [-0.15, -0.1) is 22.7 Å². The lowest BCUT2D eigenvalue weighted by Gasteiger charge is -2.07. The maximum Gasteiger partial charge on any atom is 0.488 e. The fourth-order valence-corrected chi connectivity index (χ4v) is 8.53. The van der Waals surface area contributed by atoms with Crippen LogP contribution in [0.2, 0.25) is 15.3 Å². The van der Waals surface area contributed by atoms with Gasteiger partial charge in [0, 0.05) is 36.1 Å². The summed E-state index contributed by atoms with van der Waals surface area (Å²) < 4.78 is 2.42. The highest BCUT2D eigenvalue weighted by Crippen LogP contribution is 2.35. The minimum absolute atomic E-state index is 0.210. The van der Waals surface area contributed by atoms with E-state index in [1.54, 1.807) is 40.9 Å². The molecular formula is C46H30BCl3N6O2S2. The van der Waals surface area contributed by atoms with Crippen LogP contribution in [0, 0.1) is 0 Å². The van der Waals surface area contributed by atoms with Gasteiger partial charge in [0.1, 0.15) is 0 Å². The number of nitrogens with zero attached hydrogens (tertiary/aromatic N) is 6. The van der Waals surface area contributed by atoms with Crippen molar-refractivity contribution in [1.29, 1.82) is 0 Å². The summed E-state index contributed by atoms with van der Waals surface area (Å²) in [5.41, 5.74) is 3.16. The van der Waals surface area contributed by atoms with E-state index in [4.69, 9.17) is 59.8 Å². The molecule has 0 saturated carbocycles. The van der Waals surface area contributed by atoms with Crippen molar-refractivity contribution in [1.82, 2.24) is 29.9 Å². The fraction of sp³-hybridized carbons (Fsp3) is 0. The van der Waals surface area contributed by atoms with Gasteiger partial charge in [0.15, 0.2) is 29.1 Å². The lowest BCUT2D eigenvalue weighted by Crippen LogP contribution is -2.29. The highest BCUT2D eigenvalue weighted by atomic mass is 35.5. The van der Waals surface area contributed by atoms with Crippen molar-refractivity contribution in [3.8, 4) is 55.6 Å². The molecule has 10 aromatic rings. The van der Waals surface area contributed by atoms with Gasteiger partial charge in [0.25, 0.3) is 0 Å². The Hall–Kier alpha value is -5.89. The second kappa shape index (κ2) is 19.0. The zero-order chi connectivity index (χ0) is 41.4. The normalized spacial score (nSPS) is 10.8. The summed E-state index contributed by atoms with van der Waals surface area (Å²) in [7, 11) is -1.43. The lowest BCUT2D eigenvalue weighted by molar-refractivity contribution is 0.426. The second-order valence-electron chi connectivity index (χ2n) is 13.0. The topological polar surface area (TPSA) is 118 Å². The molecule has 0 spiro atoms. The average molecular weight is 880 g/mol. The van der Waals surface area contributed by atoms with Gasteiger partial charge in [-0.1, -0.05) is 145 Å². The molecule has 292 valence electrons. The molecule has 0 fully saturated rings. The Kier molecular flexibility index (Phi) is 12.9. The van der Waals surface area contributed by atoms with E-state index in [0.29, 0.717) is 44.6 Å². The molecule has 0 atom stereocenters. The molecule has 4 aromatic heterocycles. The predicted octanol–water partition coefficient (Wildman–Crippen LogP) is 11.8. The summed E-state index contributed by atoms with van der Waals surface area (Å²) in [4.78, 5) is 29.3. The number of fused-ring (bicyclic) bond motifs is 2. The first kappa shape index (κ1) is 40.9. The number of rotatable bonds is 6. The molecule has 60 heavy (non-hydrogen) atoms. The van der Waals surface area contributed by atoms with E-state index in [-0.39, 0.29) is 5.28 Å². The molecule has 0 aliphatic heterocycles. The van der Waals surface area contributed by atoms with E-state index in [0.717, 1.165) is 26.4 Å². The van der Waals surface area contributed by atoms with Crippen molar-refractivity contribution in [3.05, 3.63) is 185 Å². The first-order valence-corrected chi connectivity index (χ1v) is 21.2. The quantitative estimate of drug-likeness (QED) is 0.159. The number of thiophene rings is 2. The predicted molar refractivity (Wildman–Crippen MR) is 249 cm³/mol. The van der Waals surface area contributed by atoms with Crippen LogP contribution in [0.15, 0.2) is 170 Å². The molecule has 0 bridgehead atoms. The first-order valence-electron chi connectivity index (χ1n) is 18.4. The van der Waals surface area contributed by atoms with Crippen LogP contribution in [-0.2, 0) is 0 Å². The molecule has 0 aliphatic carbocycles. The van der Waals surface area contributed by atoms with Gasteiger partial charge in [-0.2, -0.15) is 9.97 Å². The number of hydrogen-bond acceptors (Lipinski definition) is 10. The van der Waals surface area contributed by atoms with Crippen LogP contribution in [0.4, 0.5) is 0 Å². The molecule has 8 nitrogen and oxygen atoms in total. The third kappa shape index (κ3) is 10.1. The van der Waals surface area contributed by atoms with Crippen molar-refractivity contribution < 1.29 is 10.0 Å². The summed E-state index contributed by atoms with van der Waals surface area (Å²) in [6.07, 6.45) is 0. The van der Waals surface area contributed by atoms with E-state index in [1.807, 2.05) is 109 Å². The maximum absolute atomic E-state index is 8.65. The Labute approximate surface area is 368 Å². The third-order valence-electron chi connectivity index (χ3n) is 8.83. The van der Waals surface area contributed by atoms with E-state index < -0.39 is 7.12 Å². The van der Waals surface area contributed by atoms with Gasteiger partial charge in [-0.25, -0.2) is 19.9 Å². The van der Waals surface area contributed by atoms with Crippen LogP contribution in [0.1, 0.15) is 0 Å². The lowest BCUT2D eigenvalue weighted by atomic mass is 9.81. The van der Waals surface area contributed by atoms with Gasteiger partial charge in [0.05, 0.1) is 9.75 Å². The molecule has 0 radical (unpaired) electrons. The van der Waals surface area contributed by atoms with Crippen molar-refractivity contribution >= 4 is 90.2 Å². The Morgan fingerprint density at radius 1 is 0.383 bits per heavy atom. The van der Waals surface area contributed by atoms with Crippen molar-refractivity contribution in [2.24, 2.45) is 0 Å². The maximum atomic E-state index is 8.65. The van der Waals surface area contributed by atoms with E-state index >= 15 is 0 Å². The SMILES string of the molecule is Clc1cccc(-c2nc(-c3ccccc3)nc(-c3cc4ccccc4s3)n2)c1.Clc1nc(-c2ccccc2)nc(-c2cc3ccccc3s2)n1.OB(O)c1cccc(Cl)c1. The molecule has 4 heterocycles. The molecule has 10 rings (SSSR count). The molecule has 0 aliphatic rings. The highest BCUT2D eigenvalue weighted by molar-refractivity contribution is 7.22. The van der Waals surface area contributed by atoms with Crippen molar-refractivity contribution in [2.45, 2.75) is 0 Å². The Morgan fingerprint density at radius 3 is 1.30 bits per heavy atom. The minimum atomic E-state index is -1.43. The molecule has 0 saturated heterocycles. The molecule has 0 amide bonds. The molecule has 0 unspecified atom stereocenters.